The number of carbonyl (C=O) groups excluding carboxylic acids is 1. The van der Waals surface area contributed by atoms with Crippen LogP contribution in [0.4, 0.5) is 0 Å². The van der Waals surface area contributed by atoms with Gasteiger partial charge in [0.1, 0.15) is 5.15 Å². The summed E-state index contributed by atoms with van der Waals surface area (Å²) in [7, 11) is -3.77. The molecule has 1 fully saturated rings. The zero-order chi connectivity index (χ0) is 22.6. The lowest BCUT2D eigenvalue weighted by atomic mass is 9.90. The maximum atomic E-state index is 13.5. The monoisotopic (exact) mass is 469 g/mol. The normalized spacial score (nSPS) is 19.4. The van der Waals surface area contributed by atoms with Crippen molar-refractivity contribution in [1.29, 1.82) is 0 Å². The van der Waals surface area contributed by atoms with Crippen LogP contribution in [0.15, 0.2) is 83.9 Å². The topological polar surface area (TPSA) is 79.4 Å². The molecule has 0 bridgehead atoms. The third kappa shape index (κ3) is 5.01. The molecule has 2 aromatic carbocycles. The Balaban J connectivity index is 1.55. The number of benzene rings is 2. The maximum absolute atomic E-state index is 13.5. The lowest BCUT2D eigenvalue weighted by Crippen LogP contribution is -2.46. The Morgan fingerprint density at radius 3 is 2.34 bits per heavy atom. The second-order valence-corrected chi connectivity index (χ2v) is 10.1. The fourth-order valence-corrected chi connectivity index (χ4v) is 5.82. The van der Waals surface area contributed by atoms with Crippen LogP contribution < -0.4 is 5.32 Å². The summed E-state index contributed by atoms with van der Waals surface area (Å²) in [5, 5.41) is 3.30. The molecule has 0 spiro atoms. The maximum Gasteiger partial charge on any atom is 0.243 e. The third-order valence-electron chi connectivity index (χ3n) is 5.70. The number of hydrogen-bond acceptors (Lipinski definition) is 4. The molecule has 3 aromatic rings. The molecule has 8 heteroatoms. The van der Waals surface area contributed by atoms with Gasteiger partial charge in [0.05, 0.1) is 16.9 Å². The van der Waals surface area contributed by atoms with Crippen molar-refractivity contribution in [3.8, 4) is 0 Å². The van der Waals surface area contributed by atoms with Gasteiger partial charge < -0.3 is 5.32 Å². The van der Waals surface area contributed by atoms with Gasteiger partial charge in [0, 0.05) is 19.3 Å². The molecule has 1 amide bonds. The van der Waals surface area contributed by atoms with E-state index in [0.717, 1.165) is 11.1 Å². The Hall–Kier alpha value is -2.74. The van der Waals surface area contributed by atoms with Gasteiger partial charge >= 0.3 is 0 Å². The van der Waals surface area contributed by atoms with Crippen molar-refractivity contribution in [3.05, 3.63) is 95.3 Å². The first-order valence-electron chi connectivity index (χ1n) is 10.4. The summed E-state index contributed by atoms with van der Waals surface area (Å²) in [4.78, 5) is 17.2. The Labute approximate surface area is 193 Å². The van der Waals surface area contributed by atoms with Crippen molar-refractivity contribution >= 4 is 27.5 Å². The largest absolute Gasteiger partial charge is 0.352 e. The average Bonchev–Trinajstić information content (AvgIpc) is 2.84. The summed E-state index contributed by atoms with van der Waals surface area (Å²) >= 11 is 5.81. The fourth-order valence-electron chi connectivity index (χ4n) is 4.00. The first-order chi connectivity index (χ1) is 15.4. The number of hydrogen-bond donors (Lipinski definition) is 1. The van der Waals surface area contributed by atoms with Crippen LogP contribution in [-0.2, 0) is 21.4 Å². The molecule has 1 N–H and O–H groups in total. The molecule has 166 valence electrons. The molecule has 2 atom stereocenters. The van der Waals surface area contributed by atoms with Crippen LogP contribution in [-0.4, -0.2) is 30.2 Å². The summed E-state index contributed by atoms with van der Waals surface area (Å²) in [6, 6.07) is 21.1. The van der Waals surface area contributed by atoms with Gasteiger partial charge in [-0.2, -0.15) is 4.31 Å². The van der Waals surface area contributed by atoms with E-state index in [0.29, 0.717) is 24.5 Å². The number of piperidine rings is 1. The van der Waals surface area contributed by atoms with E-state index in [1.165, 1.54) is 4.31 Å². The van der Waals surface area contributed by atoms with E-state index in [1.807, 2.05) is 30.3 Å². The van der Waals surface area contributed by atoms with Gasteiger partial charge in [0.2, 0.25) is 15.9 Å². The standard InChI is InChI=1S/C24H24ClN3O3S/c25-23-14-11-18(15-26-23)16-27-24(29)20-12-13-22(19-7-3-1-4-8-19)28(17-20)32(30,31)21-9-5-2-6-10-21/h1-11,14-15,20,22H,12-13,16-17H2,(H,27,29). The average molecular weight is 470 g/mol. The van der Waals surface area contributed by atoms with Crippen LogP contribution in [0.25, 0.3) is 0 Å². The van der Waals surface area contributed by atoms with Crippen LogP contribution in [0, 0.1) is 5.92 Å². The first kappa shape index (κ1) is 22.5. The van der Waals surface area contributed by atoms with Gasteiger partial charge in [-0.15, -0.1) is 0 Å². The highest BCUT2D eigenvalue weighted by Gasteiger charge is 2.39. The van der Waals surface area contributed by atoms with E-state index < -0.39 is 15.9 Å². The number of amides is 1. The highest BCUT2D eigenvalue weighted by Crippen LogP contribution is 2.37. The molecule has 2 heterocycles. The minimum atomic E-state index is -3.77. The van der Waals surface area contributed by atoms with Gasteiger partial charge in [0.15, 0.2) is 0 Å². The van der Waals surface area contributed by atoms with Crippen molar-refractivity contribution in [1.82, 2.24) is 14.6 Å². The molecule has 0 saturated carbocycles. The molecule has 6 nitrogen and oxygen atoms in total. The van der Waals surface area contributed by atoms with Crippen LogP contribution >= 0.6 is 11.6 Å². The van der Waals surface area contributed by atoms with E-state index in [2.05, 4.69) is 10.3 Å². The summed E-state index contributed by atoms with van der Waals surface area (Å²) in [6.07, 6.45) is 2.78. The summed E-state index contributed by atoms with van der Waals surface area (Å²) < 4.78 is 28.5. The Bertz CT molecular complexity index is 1160. The van der Waals surface area contributed by atoms with Gasteiger partial charge in [-0.25, -0.2) is 13.4 Å². The first-order valence-corrected chi connectivity index (χ1v) is 12.3. The number of pyridine rings is 1. The second-order valence-electron chi connectivity index (χ2n) is 7.80. The number of carbonyl (C=O) groups is 1. The number of halogens is 1. The predicted octanol–water partition coefficient (Wildman–Crippen LogP) is 4.19. The van der Waals surface area contributed by atoms with Crippen molar-refractivity contribution in [2.45, 2.75) is 30.3 Å². The van der Waals surface area contributed by atoms with Crippen molar-refractivity contribution < 1.29 is 13.2 Å². The van der Waals surface area contributed by atoms with Crippen LogP contribution in [0.5, 0.6) is 0 Å². The Morgan fingerprint density at radius 1 is 1.00 bits per heavy atom. The Morgan fingerprint density at radius 2 is 1.69 bits per heavy atom. The van der Waals surface area contributed by atoms with E-state index >= 15 is 0 Å². The molecular formula is C24H24ClN3O3S. The molecule has 1 saturated heterocycles. The number of nitrogens with one attached hydrogen (secondary N) is 1. The van der Waals surface area contributed by atoms with Gasteiger partial charge in [-0.3, -0.25) is 4.79 Å². The lowest BCUT2D eigenvalue weighted by molar-refractivity contribution is -0.126. The summed E-state index contributed by atoms with van der Waals surface area (Å²) in [6.45, 7) is 0.439. The zero-order valence-corrected chi connectivity index (χ0v) is 19.0. The molecule has 1 aliphatic heterocycles. The highest BCUT2D eigenvalue weighted by atomic mass is 35.5. The highest BCUT2D eigenvalue weighted by molar-refractivity contribution is 7.89. The molecule has 0 radical (unpaired) electrons. The minimum absolute atomic E-state index is 0.126. The molecule has 32 heavy (non-hydrogen) atoms. The van der Waals surface area contributed by atoms with Crippen molar-refractivity contribution in [2.24, 2.45) is 5.92 Å². The molecule has 1 aliphatic rings. The third-order valence-corrected chi connectivity index (χ3v) is 7.81. The van der Waals surface area contributed by atoms with Crippen LogP contribution in [0.2, 0.25) is 5.15 Å². The predicted molar refractivity (Wildman–Crippen MR) is 123 cm³/mol. The van der Waals surface area contributed by atoms with Gasteiger partial charge in [-0.05, 0) is 42.2 Å². The van der Waals surface area contributed by atoms with Gasteiger partial charge in [-0.1, -0.05) is 66.2 Å². The molecule has 4 rings (SSSR count). The number of rotatable bonds is 6. The van der Waals surface area contributed by atoms with Crippen molar-refractivity contribution in [3.63, 3.8) is 0 Å². The molecule has 1 aromatic heterocycles. The molecule has 0 aliphatic carbocycles. The van der Waals surface area contributed by atoms with E-state index in [1.54, 1.807) is 48.7 Å². The smallest absolute Gasteiger partial charge is 0.243 e. The lowest BCUT2D eigenvalue weighted by Gasteiger charge is -2.38. The fraction of sp³-hybridized carbons (Fsp3) is 0.250. The zero-order valence-electron chi connectivity index (χ0n) is 17.4. The van der Waals surface area contributed by atoms with E-state index in [9.17, 15) is 13.2 Å². The summed E-state index contributed by atoms with van der Waals surface area (Å²) in [5.74, 6) is -0.603. The summed E-state index contributed by atoms with van der Waals surface area (Å²) in [5.41, 5.74) is 1.76. The Kier molecular flexibility index (Phi) is 6.89. The van der Waals surface area contributed by atoms with E-state index in [4.69, 9.17) is 11.6 Å². The minimum Gasteiger partial charge on any atom is -0.352 e. The van der Waals surface area contributed by atoms with Crippen LogP contribution in [0.1, 0.15) is 30.0 Å². The SMILES string of the molecule is O=C(NCc1ccc(Cl)nc1)C1CCC(c2ccccc2)N(S(=O)(=O)c2ccccc2)C1. The van der Waals surface area contributed by atoms with Crippen LogP contribution in [0.3, 0.4) is 0 Å². The second kappa shape index (κ2) is 9.81. The number of sulfonamides is 1. The van der Waals surface area contributed by atoms with Gasteiger partial charge in [0.25, 0.3) is 0 Å². The molecule has 2 unspecified atom stereocenters. The van der Waals surface area contributed by atoms with E-state index in [-0.39, 0.29) is 23.4 Å². The number of nitrogens with zero attached hydrogens (tertiary/aromatic N) is 2. The molecular weight excluding hydrogens is 446 g/mol. The van der Waals surface area contributed by atoms with Crippen molar-refractivity contribution in [2.75, 3.05) is 6.54 Å². The quantitative estimate of drug-likeness (QED) is 0.549. The number of aromatic nitrogens is 1.